The van der Waals surface area contributed by atoms with Crippen molar-refractivity contribution in [3.63, 3.8) is 0 Å². The Hall–Kier alpha value is -0.430. The average Bonchev–Trinajstić information content (AvgIpc) is 2.29. The molecule has 1 atom stereocenters. The SMILES string of the molecule is Cl.FC(F)(F)Sc1ccccc1[C@H]1COCCN1. The van der Waals surface area contributed by atoms with E-state index in [9.17, 15) is 13.2 Å². The van der Waals surface area contributed by atoms with Crippen LogP contribution >= 0.6 is 24.2 Å². The van der Waals surface area contributed by atoms with Gasteiger partial charge in [-0.2, -0.15) is 13.2 Å². The highest BCUT2D eigenvalue weighted by Gasteiger charge is 2.31. The zero-order chi connectivity index (χ0) is 12.3. The van der Waals surface area contributed by atoms with Crippen LogP contribution in [0.5, 0.6) is 0 Å². The lowest BCUT2D eigenvalue weighted by molar-refractivity contribution is -0.0328. The minimum atomic E-state index is -4.26. The molecule has 1 aliphatic heterocycles. The van der Waals surface area contributed by atoms with Gasteiger partial charge >= 0.3 is 5.51 Å². The molecule has 18 heavy (non-hydrogen) atoms. The fraction of sp³-hybridized carbons (Fsp3) is 0.455. The molecule has 1 heterocycles. The zero-order valence-electron chi connectivity index (χ0n) is 9.37. The molecule has 1 aliphatic rings. The third-order valence-electron chi connectivity index (χ3n) is 2.44. The molecule has 102 valence electrons. The number of benzene rings is 1. The van der Waals surface area contributed by atoms with Crippen LogP contribution in [-0.2, 0) is 4.74 Å². The van der Waals surface area contributed by atoms with Crippen molar-refractivity contribution >= 4 is 24.2 Å². The zero-order valence-corrected chi connectivity index (χ0v) is 11.0. The summed E-state index contributed by atoms with van der Waals surface area (Å²) in [6.45, 7) is 1.68. The maximum absolute atomic E-state index is 12.4. The minimum absolute atomic E-state index is 0. The van der Waals surface area contributed by atoms with Gasteiger partial charge in [-0.15, -0.1) is 12.4 Å². The van der Waals surface area contributed by atoms with Crippen LogP contribution in [0.2, 0.25) is 0 Å². The quantitative estimate of drug-likeness (QED) is 0.846. The molecule has 7 heteroatoms. The molecule has 0 radical (unpaired) electrons. The Morgan fingerprint density at radius 2 is 2.00 bits per heavy atom. The maximum atomic E-state index is 12.4. The molecule has 1 aromatic carbocycles. The van der Waals surface area contributed by atoms with E-state index in [2.05, 4.69) is 5.32 Å². The van der Waals surface area contributed by atoms with Gasteiger partial charge in [-0.05, 0) is 23.4 Å². The highest BCUT2D eigenvalue weighted by molar-refractivity contribution is 8.00. The van der Waals surface area contributed by atoms with Gasteiger partial charge in [0.1, 0.15) is 0 Å². The first kappa shape index (κ1) is 15.6. The molecule has 0 unspecified atom stereocenters. The van der Waals surface area contributed by atoms with E-state index in [1.54, 1.807) is 18.2 Å². The van der Waals surface area contributed by atoms with Gasteiger partial charge < -0.3 is 10.1 Å². The highest BCUT2D eigenvalue weighted by Crippen LogP contribution is 2.40. The third kappa shape index (κ3) is 4.35. The van der Waals surface area contributed by atoms with Crippen molar-refractivity contribution in [1.82, 2.24) is 5.32 Å². The van der Waals surface area contributed by atoms with Crippen LogP contribution in [-0.4, -0.2) is 25.3 Å². The number of rotatable bonds is 2. The highest BCUT2D eigenvalue weighted by atomic mass is 35.5. The van der Waals surface area contributed by atoms with E-state index in [1.807, 2.05) is 0 Å². The van der Waals surface area contributed by atoms with Crippen LogP contribution in [0.1, 0.15) is 11.6 Å². The van der Waals surface area contributed by atoms with E-state index >= 15 is 0 Å². The van der Waals surface area contributed by atoms with Crippen molar-refractivity contribution in [3.8, 4) is 0 Å². The molecule has 0 bridgehead atoms. The van der Waals surface area contributed by atoms with E-state index < -0.39 is 5.51 Å². The lowest BCUT2D eigenvalue weighted by atomic mass is 10.1. The molecule has 0 saturated carbocycles. The lowest BCUT2D eigenvalue weighted by Crippen LogP contribution is -2.34. The number of thioether (sulfide) groups is 1. The van der Waals surface area contributed by atoms with Crippen molar-refractivity contribution in [1.29, 1.82) is 0 Å². The molecular formula is C11H13ClF3NOS. The Morgan fingerprint density at radius 3 is 2.61 bits per heavy atom. The second-order valence-corrected chi connectivity index (χ2v) is 4.77. The molecule has 2 rings (SSSR count). The summed E-state index contributed by atoms with van der Waals surface area (Å²) in [6, 6.07) is 6.40. The summed E-state index contributed by atoms with van der Waals surface area (Å²) in [7, 11) is 0. The average molecular weight is 300 g/mol. The van der Waals surface area contributed by atoms with E-state index in [1.165, 1.54) is 6.07 Å². The number of hydrogen-bond acceptors (Lipinski definition) is 3. The maximum Gasteiger partial charge on any atom is 0.446 e. The Balaban J connectivity index is 0.00000162. The standard InChI is InChI=1S/C11H12F3NOS.ClH/c12-11(13,14)17-10-4-2-1-3-8(10)9-7-16-6-5-15-9;/h1-4,9,15H,5-7H2;1H/t9-;/m1./s1. The van der Waals surface area contributed by atoms with Gasteiger partial charge in [-0.25, -0.2) is 0 Å². The molecule has 1 N–H and O–H groups in total. The second-order valence-electron chi connectivity index (χ2n) is 3.67. The summed E-state index contributed by atoms with van der Waals surface area (Å²) in [4.78, 5) is 0.239. The molecule has 0 aliphatic carbocycles. The monoisotopic (exact) mass is 299 g/mol. The van der Waals surface area contributed by atoms with Crippen molar-refractivity contribution in [2.45, 2.75) is 16.4 Å². The summed E-state index contributed by atoms with van der Waals surface area (Å²) in [5, 5.41) is 3.16. The Morgan fingerprint density at radius 1 is 1.28 bits per heavy atom. The predicted molar refractivity (Wildman–Crippen MR) is 67.2 cm³/mol. The number of nitrogens with one attached hydrogen (secondary N) is 1. The van der Waals surface area contributed by atoms with Gasteiger partial charge in [-0.3, -0.25) is 0 Å². The summed E-state index contributed by atoms with van der Waals surface area (Å²) < 4.78 is 42.5. The third-order valence-corrected chi connectivity index (χ3v) is 3.26. The minimum Gasteiger partial charge on any atom is -0.378 e. The topological polar surface area (TPSA) is 21.3 Å². The summed E-state index contributed by atoms with van der Waals surface area (Å²) in [5.41, 5.74) is -3.61. The number of hydrogen-bond donors (Lipinski definition) is 1. The first-order valence-electron chi connectivity index (χ1n) is 5.22. The Labute approximate surface area is 114 Å². The fourth-order valence-corrected chi connectivity index (χ4v) is 2.48. The van der Waals surface area contributed by atoms with Crippen LogP contribution in [0.4, 0.5) is 13.2 Å². The van der Waals surface area contributed by atoms with Gasteiger partial charge in [0.15, 0.2) is 0 Å². The molecule has 1 aromatic rings. The van der Waals surface area contributed by atoms with Crippen molar-refractivity contribution < 1.29 is 17.9 Å². The van der Waals surface area contributed by atoms with E-state index in [-0.39, 0.29) is 35.1 Å². The van der Waals surface area contributed by atoms with E-state index in [4.69, 9.17) is 4.74 Å². The summed E-state index contributed by atoms with van der Waals surface area (Å²) >= 11 is -0.0745. The fourth-order valence-electron chi connectivity index (χ4n) is 1.75. The van der Waals surface area contributed by atoms with Gasteiger partial charge in [0.25, 0.3) is 0 Å². The molecule has 0 aromatic heterocycles. The van der Waals surface area contributed by atoms with Crippen molar-refractivity contribution in [3.05, 3.63) is 29.8 Å². The summed E-state index contributed by atoms with van der Waals surface area (Å²) in [5.74, 6) is 0. The Kier molecular flexibility index (Phi) is 5.78. The van der Waals surface area contributed by atoms with Gasteiger partial charge in [0.2, 0.25) is 0 Å². The van der Waals surface area contributed by atoms with Crippen LogP contribution in [0.15, 0.2) is 29.2 Å². The number of alkyl halides is 3. The molecule has 1 fully saturated rings. The van der Waals surface area contributed by atoms with Crippen molar-refractivity contribution in [2.24, 2.45) is 0 Å². The van der Waals surface area contributed by atoms with Gasteiger partial charge in [-0.1, -0.05) is 18.2 Å². The normalized spacial score (nSPS) is 20.3. The van der Waals surface area contributed by atoms with E-state index in [0.29, 0.717) is 25.3 Å². The van der Waals surface area contributed by atoms with E-state index in [0.717, 1.165) is 0 Å². The first-order valence-corrected chi connectivity index (χ1v) is 6.04. The smallest absolute Gasteiger partial charge is 0.378 e. The number of morpholine rings is 1. The van der Waals surface area contributed by atoms with Crippen LogP contribution in [0.25, 0.3) is 0 Å². The molecule has 0 amide bonds. The van der Waals surface area contributed by atoms with Crippen LogP contribution < -0.4 is 5.32 Å². The number of ether oxygens (including phenoxy) is 1. The summed E-state index contributed by atoms with van der Waals surface area (Å²) in [6.07, 6.45) is 0. The first-order chi connectivity index (χ1) is 8.06. The molecule has 2 nitrogen and oxygen atoms in total. The molecule has 0 spiro atoms. The van der Waals surface area contributed by atoms with Gasteiger partial charge in [0.05, 0.1) is 19.3 Å². The lowest BCUT2D eigenvalue weighted by Gasteiger charge is -2.26. The van der Waals surface area contributed by atoms with Crippen LogP contribution in [0, 0.1) is 0 Å². The molecular weight excluding hydrogens is 287 g/mol. The second kappa shape index (κ2) is 6.65. The Bertz CT molecular complexity index is 383. The molecule has 1 saturated heterocycles. The number of halogens is 4. The largest absolute Gasteiger partial charge is 0.446 e. The predicted octanol–water partition coefficient (Wildman–Crippen LogP) is 3.38. The van der Waals surface area contributed by atoms with Crippen LogP contribution in [0.3, 0.4) is 0 Å². The van der Waals surface area contributed by atoms with Gasteiger partial charge in [0, 0.05) is 11.4 Å². The van der Waals surface area contributed by atoms with Crippen molar-refractivity contribution in [2.75, 3.05) is 19.8 Å².